The molecule has 0 aliphatic rings. The quantitative estimate of drug-likeness (QED) is 0.678. The number of rotatable bonds is 5. The lowest BCUT2D eigenvalue weighted by Gasteiger charge is -2.18. The molecule has 0 aliphatic carbocycles. The van der Waals surface area contributed by atoms with Gasteiger partial charge < -0.3 is 9.84 Å². The summed E-state index contributed by atoms with van der Waals surface area (Å²) < 4.78 is 6.34. The van der Waals surface area contributed by atoms with Gasteiger partial charge in [0.05, 0.1) is 0 Å². The fraction of sp³-hybridized carbons (Fsp3) is 0.211. The van der Waals surface area contributed by atoms with Crippen LogP contribution in [0.15, 0.2) is 63.6 Å². The van der Waals surface area contributed by atoms with Gasteiger partial charge in [-0.2, -0.15) is 4.98 Å². The van der Waals surface area contributed by atoms with Crippen molar-refractivity contribution >= 4 is 21.8 Å². The first-order valence-corrected chi connectivity index (χ1v) is 8.79. The maximum atomic E-state index is 12.5. The van der Waals surface area contributed by atoms with Gasteiger partial charge in [0.25, 0.3) is 5.91 Å². The summed E-state index contributed by atoms with van der Waals surface area (Å²) >= 11 is 3.37. The average Bonchev–Trinajstić information content (AvgIpc) is 3.10. The molecule has 0 saturated carbocycles. The Bertz CT molecular complexity index is 845. The number of carbonyl (C=O) groups is 1. The van der Waals surface area contributed by atoms with Crippen LogP contribution in [0.3, 0.4) is 0 Å². The predicted octanol–water partition coefficient (Wildman–Crippen LogP) is 4.63. The molecule has 0 fully saturated rings. The highest BCUT2D eigenvalue weighted by atomic mass is 79.9. The van der Waals surface area contributed by atoms with Crippen LogP contribution in [0.25, 0.3) is 11.4 Å². The second-order valence-electron chi connectivity index (χ2n) is 6.02. The summed E-state index contributed by atoms with van der Waals surface area (Å²) in [6, 6.07) is 16.4. The summed E-state index contributed by atoms with van der Waals surface area (Å²) in [7, 11) is 0. The van der Waals surface area contributed by atoms with Crippen LogP contribution < -0.4 is 5.32 Å². The van der Waals surface area contributed by atoms with Crippen molar-refractivity contribution in [3.63, 3.8) is 0 Å². The molecule has 6 heteroatoms. The highest BCUT2D eigenvalue weighted by Crippen LogP contribution is 2.24. The van der Waals surface area contributed by atoms with E-state index in [1.54, 1.807) is 12.1 Å². The topological polar surface area (TPSA) is 68.0 Å². The third kappa shape index (κ3) is 4.14. The number of hydrogen-bond donors (Lipinski definition) is 1. The molecule has 0 spiro atoms. The Balaban J connectivity index is 1.81. The van der Waals surface area contributed by atoms with Gasteiger partial charge in [-0.25, -0.2) is 0 Å². The highest BCUT2D eigenvalue weighted by Gasteiger charge is 2.25. The monoisotopic (exact) mass is 399 g/mol. The standard InChI is InChI=1S/C19H18BrN3O2/c1-12(2)16(21-18(24)14-8-10-15(20)11-9-14)19-22-17(23-25-19)13-6-4-3-5-7-13/h3-12,16H,1-2H3,(H,21,24)/t16-/m0/s1. The van der Waals surface area contributed by atoms with Gasteiger partial charge >= 0.3 is 0 Å². The lowest BCUT2D eigenvalue weighted by atomic mass is 10.0. The molecule has 25 heavy (non-hydrogen) atoms. The third-order valence-corrected chi connectivity index (χ3v) is 4.33. The molecule has 3 aromatic rings. The van der Waals surface area contributed by atoms with E-state index in [1.165, 1.54) is 0 Å². The van der Waals surface area contributed by atoms with Crippen molar-refractivity contribution in [1.82, 2.24) is 15.5 Å². The van der Waals surface area contributed by atoms with Crippen LogP contribution in [0.1, 0.15) is 36.1 Å². The minimum absolute atomic E-state index is 0.100. The molecule has 1 aromatic heterocycles. The van der Waals surface area contributed by atoms with Gasteiger partial charge in [-0.3, -0.25) is 4.79 Å². The molecular weight excluding hydrogens is 382 g/mol. The average molecular weight is 400 g/mol. The summed E-state index contributed by atoms with van der Waals surface area (Å²) in [6.45, 7) is 4.00. The molecule has 0 radical (unpaired) electrons. The number of carbonyl (C=O) groups excluding carboxylic acids is 1. The smallest absolute Gasteiger partial charge is 0.251 e. The van der Waals surface area contributed by atoms with Crippen molar-refractivity contribution in [1.29, 1.82) is 0 Å². The van der Waals surface area contributed by atoms with Crippen LogP contribution in [-0.2, 0) is 0 Å². The molecule has 2 aromatic carbocycles. The Morgan fingerprint density at radius 3 is 2.40 bits per heavy atom. The van der Waals surface area contributed by atoms with Crippen LogP contribution in [0.4, 0.5) is 0 Å². The molecule has 3 rings (SSSR count). The fourth-order valence-corrected chi connectivity index (χ4v) is 2.67. The van der Waals surface area contributed by atoms with Gasteiger partial charge in [0.15, 0.2) is 0 Å². The summed E-state index contributed by atoms with van der Waals surface area (Å²) in [5.74, 6) is 0.840. The van der Waals surface area contributed by atoms with E-state index >= 15 is 0 Å². The summed E-state index contributed by atoms with van der Waals surface area (Å²) in [5.41, 5.74) is 1.45. The van der Waals surface area contributed by atoms with Gasteiger partial charge in [-0.05, 0) is 30.2 Å². The molecule has 0 unspecified atom stereocenters. The number of amides is 1. The van der Waals surface area contributed by atoms with Crippen molar-refractivity contribution in [3.8, 4) is 11.4 Å². The van der Waals surface area contributed by atoms with Crippen molar-refractivity contribution in [2.24, 2.45) is 5.92 Å². The first kappa shape index (κ1) is 17.4. The molecule has 0 saturated heterocycles. The fourth-order valence-electron chi connectivity index (χ4n) is 2.41. The number of nitrogens with one attached hydrogen (secondary N) is 1. The van der Waals surface area contributed by atoms with Crippen molar-refractivity contribution in [3.05, 3.63) is 70.5 Å². The van der Waals surface area contributed by atoms with E-state index in [-0.39, 0.29) is 17.9 Å². The molecule has 128 valence electrons. The van der Waals surface area contributed by atoms with E-state index < -0.39 is 0 Å². The van der Waals surface area contributed by atoms with Gasteiger partial charge in [0.1, 0.15) is 6.04 Å². The second-order valence-corrected chi connectivity index (χ2v) is 6.94. The molecule has 0 bridgehead atoms. The van der Waals surface area contributed by atoms with Gasteiger partial charge in [0, 0.05) is 15.6 Å². The van der Waals surface area contributed by atoms with E-state index in [9.17, 15) is 4.79 Å². The molecule has 0 aliphatic heterocycles. The minimum Gasteiger partial charge on any atom is -0.340 e. The van der Waals surface area contributed by atoms with E-state index in [0.29, 0.717) is 17.3 Å². The Labute approximate surface area is 154 Å². The number of nitrogens with zero attached hydrogens (tertiary/aromatic N) is 2. The van der Waals surface area contributed by atoms with E-state index in [1.807, 2.05) is 56.3 Å². The molecule has 1 N–H and O–H groups in total. The molecule has 1 heterocycles. The Hall–Kier alpha value is -2.47. The maximum Gasteiger partial charge on any atom is 0.251 e. The number of benzene rings is 2. The SMILES string of the molecule is CC(C)[C@H](NC(=O)c1ccc(Br)cc1)c1nc(-c2ccccc2)no1. The Kier molecular flexibility index (Phi) is 5.28. The van der Waals surface area contributed by atoms with Crippen LogP contribution >= 0.6 is 15.9 Å². The van der Waals surface area contributed by atoms with Gasteiger partial charge in [0.2, 0.25) is 11.7 Å². The number of halogens is 1. The van der Waals surface area contributed by atoms with Gasteiger partial charge in [-0.15, -0.1) is 0 Å². The predicted molar refractivity (Wildman–Crippen MR) is 98.9 cm³/mol. The van der Waals surface area contributed by atoms with Crippen LogP contribution in [-0.4, -0.2) is 16.0 Å². The van der Waals surface area contributed by atoms with E-state index in [2.05, 4.69) is 31.4 Å². The first-order valence-electron chi connectivity index (χ1n) is 8.00. The Morgan fingerprint density at radius 1 is 1.08 bits per heavy atom. The van der Waals surface area contributed by atoms with E-state index in [0.717, 1.165) is 10.0 Å². The van der Waals surface area contributed by atoms with Gasteiger partial charge in [-0.1, -0.05) is 65.3 Å². The zero-order valence-corrected chi connectivity index (χ0v) is 15.5. The number of hydrogen-bond acceptors (Lipinski definition) is 4. The minimum atomic E-state index is -0.360. The zero-order chi connectivity index (χ0) is 17.8. The largest absolute Gasteiger partial charge is 0.340 e. The van der Waals surface area contributed by atoms with Crippen LogP contribution in [0, 0.1) is 5.92 Å². The third-order valence-electron chi connectivity index (χ3n) is 3.80. The van der Waals surface area contributed by atoms with Crippen molar-refractivity contribution in [2.45, 2.75) is 19.9 Å². The van der Waals surface area contributed by atoms with Crippen LogP contribution in [0.2, 0.25) is 0 Å². The summed E-state index contributed by atoms with van der Waals surface area (Å²) in [6.07, 6.45) is 0. The normalized spacial score (nSPS) is 12.2. The Morgan fingerprint density at radius 2 is 1.76 bits per heavy atom. The molecule has 5 nitrogen and oxygen atoms in total. The molecular formula is C19H18BrN3O2. The van der Waals surface area contributed by atoms with Crippen molar-refractivity contribution < 1.29 is 9.32 Å². The first-order chi connectivity index (χ1) is 12.0. The lowest BCUT2D eigenvalue weighted by Crippen LogP contribution is -2.32. The number of aromatic nitrogens is 2. The summed E-state index contributed by atoms with van der Waals surface area (Å²) in [4.78, 5) is 17.0. The van der Waals surface area contributed by atoms with E-state index in [4.69, 9.17) is 4.52 Å². The highest BCUT2D eigenvalue weighted by molar-refractivity contribution is 9.10. The molecule has 1 amide bonds. The zero-order valence-electron chi connectivity index (χ0n) is 13.9. The maximum absolute atomic E-state index is 12.5. The van der Waals surface area contributed by atoms with Crippen molar-refractivity contribution in [2.75, 3.05) is 0 Å². The second kappa shape index (κ2) is 7.61. The lowest BCUT2D eigenvalue weighted by molar-refractivity contribution is 0.0914. The summed E-state index contributed by atoms with van der Waals surface area (Å²) in [5, 5.41) is 7.02. The molecule has 1 atom stereocenters. The van der Waals surface area contributed by atoms with Crippen LogP contribution in [0.5, 0.6) is 0 Å².